The van der Waals surface area contributed by atoms with Crippen LogP contribution < -0.4 is 16.0 Å². The number of anilines is 4. The zero-order valence-electron chi connectivity index (χ0n) is 21.9. The number of hydrogen-bond acceptors (Lipinski definition) is 8. The van der Waals surface area contributed by atoms with E-state index in [2.05, 4.69) is 49.7 Å². The molecule has 41 heavy (non-hydrogen) atoms. The van der Waals surface area contributed by atoms with Crippen molar-refractivity contribution in [2.45, 2.75) is 29.6 Å². The first-order chi connectivity index (χ1) is 19.7. The Morgan fingerprint density at radius 1 is 0.927 bits per heavy atom. The van der Waals surface area contributed by atoms with Crippen molar-refractivity contribution in [3.8, 4) is 0 Å². The lowest BCUT2D eigenvalue weighted by Gasteiger charge is -2.15. The number of carbonyl (C=O) groups excluding carboxylic acids is 1. The molecular formula is C29H24ClN7O3S. The van der Waals surface area contributed by atoms with Gasteiger partial charge in [0, 0.05) is 32.9 Å². The van der Waals surface area contributed by atoms with Crippen LogP contribution in [0.5, 0.6) is 0 Å². The molecule has 0 radical (unpaired) electrons. The SMILES string of the molecule is CC(C)c1ccc2c(Nc3cc(C(=O)Nc4ccc(Cl)cn4)ccc3Sc3ccc(NC(=O)O)cc3)ncnc2n1. The van der Waals surface area contributed by atoms with Crippen LogP contribution in [0.1, 0.15) is 35.8 Å². The number of carboxylic acid groups (broad SMARTS) is 1. The molecule has 5 rings (SSSR count). The van der Waals surface area contributed by atoms with Crippen LogP contribution in [0.4, 0.5) is 27.8 Å². The van der Waals surface area contributed by atoms with Gasteiger partial charge < -0.3 is 15.7 Å². The number of hydrogen-bond donors (Lipinski definition) is 4. The van der Waals surface area contributed by atoms with Gasteiger partial charge >= 0.3 is 6.09 Å². The van der Waals surface area contributed by atoms with Crippen LogP contribution >= 0.6 is 23.4 Å². The lowest BCUT2D eigenvalue weighted by atomic mass is 10.1. The van der Waals surface area contributed by atoms with E-state index >= 15 is 0 Å². The van der Waals surface area contributed by atoms with Gasteiger partial charge in [-0.1, -0.05) is 37.2 Å². The molecule has 0 saturated heterocycles. The van der Waals surface area contributed by atoms with Crippen molar-refractivity contribution < 1.29 is 14.7 Å². The van der Waals surface area contributed by atoms with Gasteiger partial charge in [-0.25, -0.2) is 24.7 Å². The quantitative estimate of drug-likeness (QED) is 0.146. The van der Waals surface area contributed by atoms with E-state index in [0.29, 0.717) is 39.2 Å². The molecule has 206 valence electrons. The maximum atomic E-state index is 13.1. The Kier molecular flexibility index (Phi) is 8.27. The maximum Gasteiger partial charge on any atom is 0.409 e. The Morgan fingerprint density at radius 3 is 2.44 bits per heavy atom. The largest absolute Gasteiger partial charge is 0.465 e. The predicted octanol–water partition coefficient (Wildman–Crippen LogP) is 7.43. The van der Waals surface area contributed by atoms with Gasteiger partial charge in [-0.3, -0.25) is 10.1 Å². The van der Waals surface area contributed by atoms with Crippen molar-refractivity contribution in [2.24, 2.45) is 0 Å². The molecule has 0 saturated carbocycles. The first kappa shape index (κ1) is 27.8. The predicted molar refractivity (Wildman–Crippen MR) is 161 cm³/mol. The van der Waals surface area contributed by atoms with Crippen LogP contribution in [0, 0.1) is 0 Å². The molecule has 2 amide bonds. The highest BCUT2D eigenvalue weighted by atomic mass is 35.5. The number of carbonyl (C=O) groups is 2. The fourth-order valence-corrected chi connectivity index (χ4v) is 4.85. The molecule has 5 aromatic rings. The number of benzene rings is 2. The van der Waals surface area contributed by atoms with Gasteiger partial charge in [-0.05, 0) is 72.6 Å². The first-order valence-corrected chi connectivity index (χ1v) is 13.7. The second-order valence-corrected chi connectivity index (χ2v) is 10.7. The molecule has 0 aliphatic rings. The first-order valence-electron chi connectivity index (χ1n) is 12.5. The number of halogens is 1. The minimum absolute atomic E-state index is 0.246. The lowest BCUT2D eigenvalue weighted by Crippen LogP contribution is -2.13. The van der Waals surface area contributed by atoms with E-state index < -0.39 is 6.09 Å². The van der Waals surface area contributed by atoms with E-state index in [-0.39, 0.29) is 11.8 Å². The summed E-state index contributed by atoms with van der Waals surface area (Å²) in [6.45, 7) is 4.14. The zero-order chi connectivity index (χ0) is 28.9. The van der Waals surface area contributed by atoms with E-state index in [1.165, 1.54) is 24.3 Å². The highest BCUT2D eigenvalue weighted by molar-refractivity contribution is 7.99. The van der Waals surface area contributed by atoms with Crippen molar-refractivity contribution in [2.75, 3.05) is 16.0 Å². The fraction of sp³-hybridized carbons (Fsp3) is 0.103. The molecule has 0 unspecified atom stereocenters. The third-order valence-electron chi connectivity index (χ3n) is 5.91. The number of rotatable bonds is 8. The number of fused-ring (bicyclic) bond motifs is 1. The highest BCUT2D eigenvalue weighted by Crippen LogP contribution is 2.37. The average molecular weight is 586 g/mol. The summed E-state index contributed by atoms with van der Waals surface area (Å²) in [5, 5.41) is 18.6. The molecule has 0 aliphatic carbocycles. The maximum absolute atomic E-state index is 13.1. The molecule has 4 N–H and O–H groups in total. The second kappa shape index (κ2) is 12.2. The van der Waals surface area contributed by atoms with E-state index in [0.717, 1.165) is 20.9 Å². The lowest BCUT2D eigenvalue weighted by molar-refractivity contribution is 0.102. The third kappa shape index (κ3) is 6.89. The van der Waals surface area contributed by atoms with Crippen molar-refractivity contribution in [1.29, 1.82) is 0 Å². The minimum atomic E-state index is -1.13. The molecule has 3 aromatic heterocycles. The van der Waals surface area contributed by atoms with Crippen LogP contribution in [-0.4, -0.2) is 37.0 Å². The van der Waals surface area contributed by atoms with Gasteiger partial charge in [0.25, 0.3) is 5.91 Å². The summed E-state index contributed by atoms with van der Waals surface area (Å²) >= 11 is 7.36. The van der Waals surface area contributed by atoms with E-state index in [4.69, 9.17) is 16.7 Å². The summed E-state index contributed by atoms with van der Waals surface area (Å²) < 4.78 is 0. The topological polar surface area (TPSA) is 142 Å². The molecule has 3 heterocycles. The van der Waals surface area contributed by atoms with E-state index in [1.807, 2.05) is 30.3 Å². The molecular weight excluding hydrogens is 562 g/mol. The number of amides is 2. The average Bonchev–Trinajstić information content (AvgIpc) is 2.95. The van der Waals surface area contributed by atoms with Gasteiger partial charge in [0.15, 0.2) is 5.65 Å². The Hall–Kier alpha value is -4.74. The van der Waals surface area contributed by atoms with Gasteiger partial charge in [0.2, 0.25) is 0 Å². The number of aromatic nitrogens is 4. The van der Waals surface area contributed by atoms with Crippen LogP contribution in [0.3, 0.4) is 0 Å². The monoisotopic (exact) mass is 585 g/mol. The molecule has 0 spiro atoms. The van der Waals surface area contributed by atoms with Gasteiger partial charge in [-0.15, -0.1) is 0 Å². The molecule has 0 atom stereocenters. The van der Waals surface area contributed by atoms with Gasteiger partial charge in [-0.2, -0.15) is 0 Å². The summed E-state index contributed by atoms with van der Waals surface area (Å²) in [6.07, 6.45) is 1.78. The smallest absolute Gasteiger partial charge is 0.409 e. The van der Waals surface area contributed by atoms with Crippen LogP contribution in [0.15, 0.2) is 89.0 Å². The standard InChI is InChI=1S/C29H24ClN7O3S/c1-16(2)22-10-9-21-26(35-22)32-15-33-27(21)36-23-13-17(28(38)37-25-12-4-18(30)14-31-25)3-11-24(23)41-20-7-5-19(6-8-20)34-29(39)40/h3-16,34H,1-2H3,(H,39,40)(H,31,37,38)(H,32,33,35,36). The number of nitrogens with zero attached hydrogens (tertiary/aromatic N) is 4. The van der Waals surface area contributed by atoms with Crippen molar-refractivity contribution in [3.63, 3.8) is 0 Å². The summed E-state index contributed by atoms with van der Waals surface area (Å²) in [4.78, 5) is 43.3. The zero-order valence-corrected chi connectivity index (χ0v) is 23.5. The Bertz CT molecular complexity index is 1730. The summed E-state index contributed by atoms with van der Waals surface area (Å²) in [6, 6.07) is 19.4. The molecule has 0 bridgehead atoms. The van der Waals surface area contributed by atoms with E-state index in [9.17, 15) is 9.59 Å². The normalized spacial score (nSPS) is 10.9. The number of nitrogens with one attached hydrogen (secondary N) is 3. The molecule has 0 fully saturated rings. The van der Waals surface area contributed by atoms with E-state index in [1.54, 1.807) is 36.4 Å². The molecule has 10 nitrogen and oxygen atoms in total. The summed E-state index contributed by atoms with van der Waals surface area (Å²) in [5.41, 5.74) is 2.98. The van der Waals surface area contributed by atoms with Crippen LogP contribution in [0.2, 0.25) is 5.02 Å². The third-order valence-corrected chi connectivity index (χ3v) is 7.21. The number of pyridine rings is 2. The van der Waals surface area contributed by atoms with Crippen molar-refractivity contribution in [1.82, 2.24) is 19.9 Å². The molecule has 2 aromatic carbocycles. The van der Waals surface area contributed by atoms with Crippen molar-refractivity contribution >= 4 is 69.4 Å². The van der Waals surface area contributed by atoms with Crippen LogP contribution in [0.25, 0.3) is 11.0 Å². The van der Waals surface area contributed by atoms with Crippen LogP contribution in [-0.2, 0) is 0 Å². The highest BCUT2D eigenvalue weighted by Gasteiger charge is 2.15. The fourth-order valence-electron chi connectivity index (χ4n) is 3.86. The van der Waals surface area contributed by atoms with Gasteiger partial charge in [0.05, 0.1) is 16.1 Å². The summed E-state index contributed by atoms with van der Waals surface area (Å²) in [7, 11) is 0. The molecule has 12 heteroatoms. The second-order valence-electron chi connectivity index (χ2n) is 9.19. The Balaban J connectivity index is 1.49. The van der Waals surface area contributed by atoms with Crippen molar-refractivity contribution in [3.05, 3.63) is 95.5 Å². The minimum Gasteiger partial charge on any atom is -0.465 e. The Labute approximate surface area is 244 Å². The van der Waals surface area contributed by atoms with Gasteiger partial charge in [0.1, 0.15) is 18.0 Å². The summed E-state index contributed by atoms with van der Waals surface area (Å²) in [5.74, 6) is 0.810. The molecule has 0 aliphatic heterocycles. The Morgan fingerprint density at radius 2 is 1.73 bits per heavy atom.